The number of rotatable bonds is 2. The summed E-state index contributed by atoms with van der Waals surface area (Å²) in [4.78, 5) is 11.4. The Bertz CT molecular complexity index is 749. The number of fused-ring (bicyclic) bond motifs is 1. The summed E-state index contributed by atoms with van der Waals surface area (Å²) in [6.45, 7) is 0. The molecule has 2 aromatic rings. The number of amides is 1. The zero-order valence-corrected chi connectivity index (χ0v) is 13.8. The van der Waals surface area contributed by atoms with Gasteiger partial charge in [0.25, 0.3) is 0 Å². The van der Waals surface area contributed by atoms with Crippen molar-refractivity contribution in [2.45, 2.75) is 12.5 Å². The molecular formula is C15H10BrCl2NO2. The van der Waals surface area contributed by atoms with Gasteiger partial charge < -0.3 is 10.4 Å². The lowest BCUT2D eigenvalue weighted by atomic mass is 9.98. The monoisotopic (exact) mass is 385 g/mol. The standard InChI is InChI=1S/C15H10BrCl2NO2/c16-10-2-1-7(4-12(10)18)15(21)9-3-8-5-14(20)19-13(8)6-11(9)17/h1-4,6,15,21H,5H2,(H,19,20). The van der Waals surface area contributed by atoms with Crippen LogP contribution in [0.15, 0.2) is 34.8 Å². The van der Waals surface area contributed by atoms with Gasteiger partial charge >= 0.3 is 0 Å². The predicted octanol–water partition coefficient (Wildman–Crippen LogP) is 4.33. The topological polar surface area (TPSA) is 49.3 Å². The normalized spacial score (nSPS) is 14.8. The van der Waals surface area contributed by atoms with Gasteiger partial charge in [-0.1, -0.05) is 29.3 Å². The third-order valence-corrected chi connectivity index (χ3v) is 4.96. The van der Waals surface area contributed by atoms with Gasteiger partial charge in [0.15, 0.2) is 0 Å². The Morgan fingerprint density at radius 3 is 2.67 bits per heavy atom. The molecule has 108 valence electrons. The molecule has 1 aliphatic rings. The SMILES string of the molecule is O=C1Cc2cc(C(O)c3ccc(Br)c(Cl)c3)c(Cl)cc2N1. The van der Waals surface area contributed by atoms with Crippen molar-refractivity contribution in [2.75, 3.05) is 5.32 Å². The van der Waals surface area contributed by atoms with E-state index in [1.165, 1.54) is 0 Å². The Morgan fingerprint density at radius 2 is 1.95 bits per heavy atom. The maximum Gasteiger partial charge on any atom is 0.228 e. The summed E-state index contributed by atoms with van der Waals surface area (Å²) < 4.78 is 0.759. The molecule has 0 saturated heterocycles. The van der Waals surface area contributed by atoms with Crippen molar-refractivity contribution in [3.63, 3.8) is 0 Å². The largest absolute Gasteiger partial charge is 0.384 e. The molecule has 1 amide bonds. The van der Waals surface area contributed by atoms with Gasteiger partial charge in [0.1, 0.15) is 6.10 Å². The molecule has 0 spiro atoms. The first kappa shape index (κ1) is 14.9. The number of halogens is 3. The third kappa shape index (κ3) is 2.81. The first-order chi connectivity index (χ1) is 9.95. The van der Waals surface area contributed by atoms with E-state index in [0.717, 1.165) is 10.0 Å². The van der Waals surface area contributed by atoms with Crippen LogP contribution in [-0.4, -0.2) is 11.0 Å². The lowest BCUT2D eigenvalue weighted by molar-refractivity contribution is -0.115. The number of hydrogen-bond acceptors (Lipinski definition) is 2. The number of aliphatic hydroxyl groups is 1. The van der Waals surface area contributed by atoms with E-state index >= 15 is 0 Å². The van der Waals surface area contributed by atoms with Crippen LogP contribution in [-0.2, 0) is 11.2 Å². The summed E-state index contributed by atoms with van der Waals surface area (Å²) >= 11 is 15.6. The van der Waals surface area contributed by atoms with E-state index in [1.807, 2.05) is 0 Å². The molecule has 1 atom stereocenters. The van der Waals surface area contributed by atoms with Gasteiger partial charge in [-0.15, -0.1) is 0 Å². The molecule has 3 nitrogen and oxygen atoms in total. The highest BCUT2D eigenvalue weighted by Gasteiger charge is 2.23. The fraction of sp³-hybridized carbons (Fsp3) is 0.133. The van der Waals surface area contributed by atoms with E-state index in [2.05, 4.69) is 21.2 Å². The molecule has 1 unspecified atom stereocenters. The summed E-state index contributed by atoms with van der Waals surface area (Å²) in [7, 11) is 0. The number of hydrogen-bond donors (Lipinski definition) is 2. The van der Waals surface area contributed by atoms with Crippen LogP contribution < -0.4 is 5.32 Å². The molecule has 0 aliphatic carbocycles. The highest BCUT2D eigenvalue weighted by Crippen LogP contribution is 2.36. The van der Waals surface area contributed by atoms with Gasteiger partial charge in [-0.2, -0.15) is 0 Å². The van der Waals surface area contributed by atoms with Crippen LogP contribution in [0, 0.1) is 0 Å². The van der Waals surface area contributed by atoms with Crippen LogP contribution in [0.25, 0.3) is 0 Å². The number of benzene rings is 2. The number of carbonyl (C=O) groups is 1. The molecule has 2 N–H and O–H groups in total. The van der Waals surface area contributed by atoms with E-state index in [-0.39, 0.29) is 5.91 Å². The van der Waals surface area contributed by atoms with Crippen LogP contribution in [0.2, 0.25) is 10.0 Å². The summed E-state index contributed by atoms with van der Waals surface area (Å²) in [6, 6.07) is 8.65. The van der Waals surface area contributed by atoms with Crippen molar-refractivity contribution in [3.8, 4) is 0 Å². The number of aliphatic hydroxyl groups excluding tert-OH is 1. The summed E-state index contributed by atoms with van der Waals surface area (Å²) in [5.74, 6) is -0.0700. The minimum Gasteiger partial charge on any atom is -0.384 e. The minimum atomic E-state index is -0.899. The van der Waals surface area contributed by atoms with Crippen LogP contribution in [0.3, 0.4) is 0 Å². The molecule has 0 saturated carbocycles. The van der Waals surface area contributed by atoms with Crippen LogP contribution >= 0.6 is 39.1 Å². The van der Waals surface area contributed by atoms with E-state index in [1.54, 1.807) is 30.3 Å². The van der Waals surface area contributed by atoms with Gasteiger partial charge in [-0.25, -0.2) is 0 Å². The van der Waals surface area contributed by atoms with Crippen molar-refractivity contribution < 1.29 is 9.90 Å². The third-order valence-electron chi connectivity index (χ3n) is 3.40. The second-order valence-corrected chi connectivity index (χ2v) is 6.50. The highest BCUT2D eigenvalue weighted by molar-refractivity contribution is 9.10. The zero-order valence-electron chi connectivity index (χ0n) is 10.7. The second kappa shape index (κ2) is 5.61. The summed E-state index contributed by atoms with van der Waals surface area (Å²) in [5.41, 5.74) is 2.74. The lowest BCUT2D eigenvalue weighted by Gasteiger charge is -2.15. The Labute approximate surface area is 140 Å². The minimum absolute atomic E-state index is 0.0700. The van der Waals surface area contributed by atoms with E-state index in [9.17, 15) is 9.90 Å². The molecule has 3 rings (SSSR count). The maximum absolute atomic E-state index is 11.4. The van der Waals surface area contributed by atoms with Crippen molar-refractivity contribution in [1.29, 1.82) is 0 Å². The molecule has 0 fully saturated rings. The average molecular weight is 387 g/mol. The molecular weight excluding hydrogens is 377 g/mol. The van der Waals surface area contributed by atoms with Gasteiger partial charge in [0.05, 0.1) is 11.4 Å². The molecule has 21 heavy (non-hydrogen) atoms. The van der Waals surface area contributed by atoms with E-state index in [0.29, 0.717) is 33.3 Å². The molecule has 0 aromatic heterocycles. The predicted molar refractivity (Wildman–Crippen MR) is 87.0 cm³/mol. The first-order valence-electron chi connectivity index (χ1n) is 6.21. The van der Waals surface area contributed by atoms with Gasteiger partial charge in [-0.05, 0) is 51.3 Å². The fourth-order valence-electron chi connectivity index (χ4n) is 2.34. The number of anilines is 1. The quantitative estimate of drug-likeness (QED) is 0.806. The summed E-state index contributed by atoms with van der Waals surface area (Å²) in [6.07, 6.45) is -0.600. The van der Waals surface area contributed by atoms with Crippen molar-refractivity contribution >= 4 is 50.7 Å². The maximum atomic E-state index is 11.4. The van der Waals surface area contributed by atoms with E-state index in [4.69, 9.17) is 23.2 Å². The average Bonchev–Trinajstić information content (AvgIpc) is 2.79. The lowest BCUT2D eigenvalue weighted by Crippen LogP contribution is -2.03. The second-order valence-electron chi connectivity index (χ2n) is 4.83. The number of nitrogens with one attached hydrogen (secondary N) is 1. The Kier molecular flexibility index (Phi) is 3.97. The van der Waals surface area contributed by atoms with Crippen molar-refractivity contribution in [1.82, 2.24) is 0 Å². The first-order valence-corrected chi connectivity index (χ1v) is 7.76. The van der Waals surface area contributed by atoms with Crippen LogP contribution in [0.5, 0.6) is 0 Å². The Hall–Kier alpha value is -1.07. The molecule has 1 aliphatic heterocycles. The molecule has 1 heterocycles. The molecule has 0 bridgehead atoms. The van der Waals surface area contributed by atoms with Gasteiger partial charge in [0, 0.05) is 20.7 Å². The molecule has 2 aromatic carbocycles. The van der Waals surface area contributed by atoms with Crippen molar-refractivity contribution in [3.05, 3.63) is 61.5 Å². The zero-order chi connectivity index (χ0) is 15.1. The smallest absolute Gasteiger partial charge is 0.228 e. The van der Waals surface area contributed by atoms with E-state index < -0.39 is 6.10 Å². The van der Waals surface area contributed by atoms with Gasteiger partial charge in [-0.3, -0.25) is 4.79 Å². The van der Waals surface area contributed by atoms with Gasteiger partial charge in [0.2, 0.25) is 5.91 Å². The van der Waals surface area contributed by atoms with Crippen LogP contribution in [0.1, 0.15) is 22.8 Å². The van der Waals surface area contributed by atoms with Crippen molar-refractivity contribution in [2.24, 2.45) is 0 Å². The number of carbonyl (C=O) groups excluding carboxylic acids is 1. The Balaban J connectivity index is 2.02. The van der Waals surface area contributed by atoms with Crippen LogP contribution in [0.4, 0.5) is 5.69 Å². The summed E-state index contributed by atoms with van der Waals surface area (Å²) in [5, 5.41) is 14.2. The molecule has 0 radical (unpaired) electrons. The molecule has 6 heteroatoms. The fourth-order valence-corrected chi connectivity index (χ4v) is 3.04. The Morgan fingerprint density at radius 1 is 1.19 bits per heavy atom. The highest BCUT2D eigenvalue weighted by atomic mass is 79.9.